The van der Waals surface area contributed by atoms with Gasteiger partial charge in [-0.25, -0.2) is 9.97 Å². The number of imidazole rings is 1. The number of H-pyrrole nitrogens is 1. The van der Waals surface area contributed by atoms with E-state index in [0.29, 0.717) is 23.8 Å². The molecule has 0 radical (unpaired) electrons. The number of aromatic amines is 1. The first-order chi connectivity index (χ1) is 16.6. The molecular weight excluding hydrogens is 434 g/mol. The van der Waals surface area contributed by atoms with Gasteiger partial charge in [0.2, 0.25) is 11.8 Å². The van der Waals surface area contributed by atoms with Gasteiger partial charge in [-0.2, -0.15) is 0 Å². The van der Waals surface area contributed by atoms with Crippen LogP contribution in [0, 0.1) is 5.92 Å². The summed E-state index contributed by atoms with van der Waals surface area (Å²) in [6.07, 6.45) is 1.74. The lowest BCUT2D eigenvalue weighted by Crippen LogP contribution is -2.26. The highest BCUT2D eigenvalue weighted by atomic mass is 16.5. The van der Waals surface area contributed by atoms with E-state index in [1.165, 1.54) is 5.56 Å². The second-order valence-electron chi connectivity index (χ2n) is 10.7. The molecule has 1 unspecified atom stereocenters. The van der Waals surface area contributed by atoms with Crippen LogP contribution in [0.1, 0.15) is 58.7 Å². The monoisotopic (exact) mass is 471 g/mol. The van der Waals surface area contributed by atoms with Crippen LogP contribution in [-0.2, 0) is 5.41 Å². The molecule has 0 fully saturated rings. The largest absolute Gasteiger partial charge is 0.437 e. The fourth-order valence-electron chi connectivity index (χ4n) is 4.31. The third-order valence-corrected chi connectivity index (χ3v) is 6.23. The summed E-state index contributed by atoms with van der Waals surface area (Å²) in [7, 11) is 2.18. The average molecular weight is 472 g/mol. The Hall–Kier alpha value is -3.38. The minimum atomic E-state index is -0.0459. The maximum atomic E-state index is 6.30. The third kappa shape index (κ3) is 5.82. The van der Waals surface area contributed by atoms with Crippen molar-refractivity contribution >= 4 is 22.7 Å². The molecular formula is C29H37N5O. The Kier molecular flexibility index (Phi) is 7.13. The highest BCUT2D eigenvalue weighted by Crippen LogP contribution is 2.36. The zero-order valence-corrected chi connectivity index (χ0v) is 21.9. The van der Waals surface area contributed by atoms with Gasteiger partial charge in [-0.1, -0.05) is 58.9 Å². The van der Waals surface area contributed by atoms with Crippen molar-refractivity contribution in [1.29, 1.82) is 0 Å². The van der Waals surface area contributed by atoms with Gasteiger partial charge in [0.1, 0.15) is 11.4 Å². The second kappa shape index (κ2) is 10.1. The standard InChI is InChI=1S/C29H37N5O/c1-19(2)18-34(7)20(3)21-14-15-23-25(17-21)33-28(31-23)32-24-12-10-16-30-27(24)35-26-13-9-8-11-22(26)29(4,5)6/h8-17,19-20H,18H2,1-7H3,(H2,31,32,33). The Balaban J connectivity index is 1.58. The number of aromatic nitrogens is 3. The Morgan fingerprint density at radius 2 is 1.80 bits per heavy atom. The maximum absolute atomic E-state index is 6.30. The van der Waals surface area contributed by atoms with Crippen LogP contribution in [0.5, 0.6) is 11.6 Å². The molecule has 2 aromatic carbocycles. The number of hydrogen-bond donors (Lipinski definition) is 2. The summed E-state index contributed by atoms with van der Waals surface area (Å²) in [5, 5.41) is 3.37. The van der Waals surface area contributed by atoms with Gasteiger partial charge in [-0.05, 0) is 61.2 Å². The zero-order valence-electron chi connectivity index (χ0n) is 21.9. The first kappa shape index (κ1) is 24.7. The molecule has 0 amide bonds. The van der Waals surface area contributed by atoms with Gasteiger partial charge in [0, 0.05) is 24.3 Å². The number of nitrogens with zero attached hydrogens (tertiary/aromatic N) is 3. The van der Waals surface area contributed by atoms with Crippen molar-refractivity contribution in [1.82, 2.24) is 19.9 Å². The fourth-order valence-corrected chi connectivity index (χ4v) is 4.31. The molecule has 2 heterocycles. The lowest BCUT2D eigenvalue weighted by molar-refractivity contribution is 0.233. The molecule has 0 spiro atoms. The van der Waals surface area contributed by atoms with Crippen LogP contribution in [0.25, 0.3) is 11.0 Å². The summed E-state index contributed by atoms with van der Waals surface area (Å²) in [4.78, 5) is 15.0. The van der Waals surface area contributed by atoms with Crippen molar-refractivity contribution in [2.45, 2.75) is 53.0 Å². The number of anilines is 2. The second-order valence-corrected chi connectivity index (χ2v) is 10.7. The number of benzene rings is 2. The van der Waals surface area contributed by atoms with Crippen LogP contribution < -0.4 is 10.1 Å². The Labute approximate surface area is 208 Å². The molecule has 1 atom stereocenters. The molecule has 0 aliphatic carbocycles. The number of nitrogens with one attached hydrogen (secondary N) is 2. The van der Waals surface area contributed by atoms with Crippen molar-refractivity contribution in [3.8, 4) is 11.6 Å². The van der Waals surface area contributed by atoms with Crippen molar-refractivity contribution in [3.63, 3.8) is 0 Å². The lowest BCUT2D eigenvalue weighted by Gasteiger charge is -2.26. The molecule has 0 aliphatic heterocycles. The minimum Gasteiger partial charge on any atom is -0.437 e. The van der Waals surface area contributed by atoms with Crippen LogP contribution in [0.4, 0.5) is 11.6 Å². The van der Waals surface area contributed by atoms with E-state index in [4.69, 9.17) is 9.72 Å². The first-order valence-electron chi connectivity index (χ1n) is 12.3. The van der Waals surface area contributed by atoms with Crippen molar-refractivity contribution in [2.75, 3.05) is 18.9 Å². The molecule has 6 nitrogen and oxygen atoms in total. The number of rotatable bonds is 8. The van der Waals surface area contributed by atoms with Crippen molar-refractivity contribution in [3.05, 3.63) is 71.9 Å². The highest BCUT2D eigenvalue weighted by Gasteiger charge is 2.20. The number of hydrogen-bond acceptors (Lipinski definition) is 5. The Morgan fingerprint density at radius 3 is 2.54 bits per heavy atom. The zero-order chi connectivity index (χ0) is 25.2. The summed E-state index contributed by atoms with van der Waals surface area (Å²) < 4.78 is 6.30. The first-order valence-corrected chi connectivity index (χ1v) is 12.3. The number of ether oxygens (including phenoxy) is 1. The summed E-state index contributed by atoms with van der Waals surface area (Å²) >= 11 is 0. The predicted octanol–water partition coefficient (Wildman–Crippen LogP) is 7.44. The van der Waals surface area contributed by atoms with Gasteiger partial charge in [-0.3, -0.25) is 4.90 Å². The quantitative estimate of drug-likeness (QED) is 0.279. The average Bonchev–Trinajstić information content (AvgIpc) is 3.20. The van der Waals surface area contributed by atoms with Crippen LogP contribution in [-0.4, -0.2) is 33.4 Å². The highest BCUT2D eigenvalue weighted by molar-refractivity contribution is 5.79. The van der Waals surface area contributed by atoms with Crippen LogP contribution in [0.15, 0.2) is 60.8 Å². The van der Waals surface area contributed by atoms with Gasteiger partial charge in [0.15, 0.2) is 0 Å². The van der Waals surface area contributed by atoms with E-state index in [9.17, 15) is 0 Å². The molecule has 2 N–H and O–H groups in total. The summed E-state index contributed by atoms with van der Waals surface area (Å²) in [5.74, 6) is 2.59. The van der Waals surface area contributed by atoms with Crippen molar-refractivity contribution in [2.24, 2.45) is 5.92 Å². The Morgan fingerprint density at radius 1 is 1.03 bits per heavy atom. The minimum absolute atomic E-state index is 0.0459. The van der Waals surface area contributed by atoms with Crippen LogP contribution in [0.3, 0.4) is 0 Å². The molecule has 0 aliphatic rings. The van der Waals surface area contributed by atoms with E-state index < -0.39 is 0 Å². The van der Waals surface area contributed by atoms with Gasteiger partial charge in [0.05, 0.1) is 11.0 Å². The summed E-state index contributed by atoms with van der Waals surface area (Å²) in [6.45, 7) is 14.3. The number of pyridine rings is 1. The van der Waals surface area contributed by atoms with Crippen LogP contribution in [0.2, 0.25) is 0 Å². The van der Waals surface area contributed by atoms with E-state index in [0.717, 1.165) is 34.6 Å². The van der Waals surface area contributed by atoms with Gasteiger partial charge in [-0.15, -0.1) is 0 Å². The van der Waals surface area contributed by atoms with Gasteiger partial charge < -0.3 is 15.0 Å². The van der Waals surface area contributed by atoms with Gasteiger partial charge >= 0.3 is 0 Å². The molecule has 4 rings (SSSR count). The van der Waals surface area contributed by atoms with Crippen molar-refractivity contribution < 1.29 is 4.74 Å². The number of fused-ring (bicyclic) bond motifs is 1. The SMILES string of the molecule is CC(C)CN(C)C(C)c1ccc2nc(Nc3cccnc3Oc3ccccc3C(C)(C)C)[nH]c2c1. The molecule has 2 aromatic heterocycles. The maximum Gasteiger partial charge on any atom is 0.243 e. The van der Waals surface area contributed by atoms with E-state index >= 15 is 0 Å². The Bertz CT molecular complexity index is 1290. The smallest absolute Gasteiger partial charge is 0.243 e. The molecule has 184 valence electrons. The molecule has 0 saturated carbocycles. The summed E-state index contributed by atoms with van der Waals surface area (Å²) in [6, 6.07) is 18.7. The molecule has 0 bridgehead atoms. The van der Waals surface area contributed by atoms with E-state index in [1.807, 2.05) is 30.3 Å². The van der Waals surface area contributed by atoms with E-state index in [-0.39, 0.29) is 5.41 Å². The van der Waals surface area contributed by atoms with Gasteiger partial charge in [0.25, 0.3) is 0 Å². The topological polar surface area (TPSA) is 66.1 Å². The normalized spacial score (nSPS) is 12.9. The third-order valence-electron chi connectivity index (χ3n) is 6.23. The molecule has 35 heavy (non-hydrogen) atoms. The number of para-hydroxylation sites is 1. The van der Waals surface area contributed by atoms with Crippen LogP contribution >= 0.6 is 0 Å². The summed E-state index contributed by atoms with van der Waals surface area (Å²) in [5.41, 5.74) is 5.01. The lowest BCUT2D eigenvalue weighted by atomic mass is 9.86. The molecule has 4 aromatic rings. The van der Waals surface area contributed by atoms with E-state index in [1.54, 1.807) is 6.20 Å². The molecule has 0 saturated heterocycles. The fraction of sp³-hybridized carbons (Fsp3) is 0.379. The molecule has 6 heteroatoms. The van der Waals surface area contributed by atoms with E-state index in [2.05, 4.69) is 93.0 Å². The predicted molar refractivity (Wildman–Crippen MR) is 145 cm³/mol.